The van der Waals surface area contributed by atoms with Gasteiger partial charge in [-0.1, -0.05) is 15.9 Å². The molecule has 1 aromatic rings. The van der Waals surface area contributed by atoms with Crippen molar-refractivity contribution in [1.29, 1.82) is 0 Å². The van der Waals surface area contributed by atoms with Crippen molar-refractivity contribution >= 4 is 27.8 Å². The zero-order valence-electron chi connectivity index (χ0n) is 11.6. The van der Waals surface area contributed by atoms with E-state index in [4.69, 9.17) is 0 Å². The van der Waals surface area contributed by atoms with Gasteiger partial charge in [-0.25, -0.2) is 9.97 Å². The summed E-state index contributed by atoms with van der Waals surface area (Å²) in [6, 6.07) is 2.12. The lowest BCUT2D eigenvalue weighted by molar-refractivity contribution is -0.122. The van der Waals surface area contributed by atoms with Gasteiger partial charge in [-0.2, -0.15) is 0 Å². The summed E-state index contributed by atoms with van der Waals surface area (Å²) in [4.78, 5) is 22.5. The molecule has 5 nitrogen and oxygen atoms in total. The topological polar surface area (TPSA) is 58.1 Å². The van der Waals surface area contributed by atoms with Crippen LogP contribution in [0.25, 0.3) is 0 Å². The number of piperidine rings is 1. The highest BCUT2D eigenvalue weighted by Gasteiger charge is 2.21. The van der Waals surface area contributed by atoms with Crippen molar-refractivity contribution in [2.75, 3.05) is 23.3 Å². The van der Waals surface area contributed by atoms with Crippen LogP contribution in [0, 0.1) is 0 Å². The number of anilines is 1. The molecular weight excluding hydrogens is 320 g/mol. The smallest absolute Gasteiger partial charge is 0.225 e. The van der Waals surface area contributed by atoms with Crippen molar-refractivity contribution in [2.45, 2.75) is 38.1 Å². The molecule has 6 heteroatoms. The third-order valence-corrected chi connectivity index (χ3v) is 4.04. The molecule has 2 heterocycles. The highest BCUT2D eigenvalue weighted by molar-refractivity contribution is 9.09. The predicted octanol–water partition coefficient (Wildman–Crippen LogP) is 2.13. The summed E-state index contributed by atoms with van der Waals surface area (Å²) in [5, 5.41) is 4.10. The van der Waals surface area contributed by atoms with Crippen LogP contribution in [0.2, 0.25) is 0 Å². The second-order valence-corrected chi connectivity index (χ2v) is 5.82. The molecule has 1 aromatic heterocycles. The molecule has 0 aromatic carbocycles. The Labute approximate surface area is 128 Å². The maximum Gasteiger partial charge on any atom is 0.225 e. The zero-order valence-corrected chi connectivity index (χ0v) is 13.2. The van der Waals surface area contributed by atoms with E-state index in [0.29, 0.717) is 12.5 Å². The van der Waals surface area contributed by atoms with Crippen LogP contribution in [-0.4, -0.2) is 40.3 Å². The van der Waals surface area contributed by atoms with Crippen molar-refractivity contribution in [1.82, 2.24) is 15.3 Å². The highest BCUT2D eigenvalue weighted by Crippen LogP contribution is 2.15. The van der Waals surface area contributed by atoms with Crippen LogP contribution in [0.15, 0.2) is 18.5 Å². The molecule has 0 bridgehead atoms. The Kier molecular flexibility index (Phi) is 6.24. The molecule has 110 valence electrons. The number of nitrogens with one attached hydrogen (secondary N) is 1. The predicted molar refractivity (Wildman–Crippen MR) is 83.1 cm³/mol. The summed E-state index contributed by atoms with van der Waals surface area (Å²) in [6.45, 7) is 1.80. The molecule has 0 atom stereocenters. The Morgan fingerprint density at radius 2 is 2.00 bits per heavy atom. The van der Waals surface area contributed by atoms with E-state index in [1.807, 2.05) is 6.07 Å². The molecule has 0 aliphatic carbocycles. The summed E-state index contributed by atoms with van der Waals surface area (Å²) in [5.74, 6) is 0.968. The molecule has 1 aliphatic rings. The van der Waals surface area contributed by atoms with Gasteiger partial charge in [-0.05, 0) is 31.7 Å². The van der Waals surface area contributed by atoms with Gasteiger partial charge in [-0.15, -0.1) is 0 Å². The third-order valence-electron chi connectivity index (χ3n) is 3.48. The minimum atomic E-state index is 0.181. The second kappa shape index (κ2) is 8.19. The molecule has 0 spiro atoms. The number of nitrogens with zero attached hydrogens (tertiary/aromatic N) is 3. The molecule has 1 amide bonds. The largest absolute Gasteiger partial charge is 0.353 e. The molecule has 0 unspecified atom stereocenters. The monoisotopic (exact) mass is 340 g/mol. The van der Waals surface area contributed by atoms with Gasteiger partial charge in [-0.3, -0.25) is 4.79 Å². The van der Waals surface area contributed by atoms with Crippen LogP contribution in [0.4, 0.5) is 5.95 Å². The minimum Gasteiger partial charge on any atom is -0.353 e. The van der Waals surface area contributed by atoms with E-state index in [2.05, 4.69) is 36.1 Å². The van der Waals surface area contributed by atoms with Gasteiger partial charge in [0.2, 0.25) is 11.9 Å². The normalized spacial score (nSPS) is 16.1. The average molecular weight is 341 g/mol. The van der Waals surface area contributed by atoms with Crippen LogP contribution in [-0.2, 0) is 4.79 Å². The first-order valence-electron chi connectivity index (χ1n) is 7.17. The van der Waals surface area contributed by atoms with Gasteiger partial charge in [0.1, 0.15) is 0 Å². The van der Waals surface area contributed by atoms with E-state index in [9.17, 15) is 4.79 Å². The van der Waals surface area contributed by atoms with Crippen molar-refractivity contribution in [3.8, 4) is 0 Å². The first-order valence-corrected chi connectivity index (χ1v) is 8.29. The lowest BCUT2D eigenvalue weighted by Gasteiger charge is -2.32. The van der Waals surface area contributed by atoms with Crippen LogP contribution in [0.5, 0.6) is 0 Å². The number of hydrogen-bond acceptors (Lipinski definition) is 4. The molecule has 0 radical (unpaired) electrons. The molecule has 1 fully saturated rings. The molecule has 1 aliphatic heterocycles. The molecule has 2 rings (SSSR count). The fourth-order valence-corrected chi connectivity index (χ4v) is 2.75. The van der Waals surface area contributed by atoms with Crippen LogP contribution >= 0.6 is 15.9 Å². The Bertz CT molecular complexity index is 407. The maximum absolute atomic E-state index is 11.8. The summed E-state index contributed by atoms with van der Waals surface area (Å²) in [7, 11) is 0. The number of carbonyl (C=O) groups excluding carboxylic acids is 1. The first-order chi connectivity index (χ1) is 9.79. The molecular formula is C14H21BrN4O. The average Bonchev–Trinajstić information content (AvgIpc) is 2.49. The Hall–Kier alpha value is -1.17. The van der Waals surface area contributed by atoms with Gasteiger partial charge in [0, 0.05) is 43.3 Å². The third kappa shape index (κ3) is 4.74. The second-order valence-electron chi connectivity index (χ2n) is 5.02. The van der Waals surface area contributed by atoms with Crippen molar-refractivity contribution in [3.63, 3.8) is 0 Å². The van der Waals surface area contributed by atoms with Gasteiger partial charge in [0.15, 0.2) is 0 Å². The van der Waals surface area contributed by atoms with Gasteiger partial charge >= 0.3 is 0 Å². The number of amides is 1. The van der Waals surface area contributed by atoms with Crippen molar-refractivity contribution in [3.05, 3.63) is 18.5 Å². The van der Waals surface area contributed by atoms with Gasteiger partial charge in [0.05, 0.1) is 0 Å². The molecule has 1 saturated heterocycles. The summed E-state index contributed by atoms with van der Waals surface area (Å²) >= 11 is 3.38. The van der Waals surface area contributed by atoms with E-state index < -0.39 is 0 Å². The Morgan fingerprint density at radius 1 is 1.30 bits per heavy atom. The molecule has 20 heavy (non-hydrogen) atoms. The number of carbonyl (C=O) groups is 1. The van der Waals surface area contributed by atoms with E-state index in [1.165, 1.54) is 0 Å². The number of alkyl halides is 1. The molecule has 0 saturated carbocycles. The lowest BCUT2D eigenvalue weighted by atomic mass is 10.0. The summed E-state index contributed by atoms with van der Waals surface area (Å²) < 4.78 is 0. The van der Waals surface area contributed by atoms with Crippen LogP contribution in [0.3, 0.4) is 0 Å². The van der Waals surface area contributed by atoms with Gasteiger partial charge < -0.3 is 10.2 Å². The number of hydrogen-bond donors (Lipinski definition) is 1. The summed E-state index contributed by atoms with van der Waals surface area (Å²) in [5.41, 5.74) is 0. The fraction of sp³-hybridized carbons (Fsp3) is 0.643. The highest BCUT2D eigenvalue weighted by atomic mass is 79.9. The summed E-state index contributed by atoms with van der Waals surface area (Å²) in [6.07, 6.45) is 8.09. The first kappa shape index (κ1) is 15.2. The Balaban J connectivity index is 1.70. The van der Waals surface area contributed by atoms with E-state index in [1.54, 1.807) is 12.4 Å². The Morgan fingerprint density at radius 3 is 2.65 bits per heavy atom. The minimum absolute atomic E-state index is 0.181. The fourth-order valence-electron chi connectivity index (χ4n) is 2.36. The van der Waals surface area contributed by atoms with E-state index >= 15 is 0 Å². The number of aromatic nitrogens is 2. The molecule has 1 N–H and O–H groups in total. The van der Waals surface area contributed by atoms with Crippen molar-refractivity contribution in [2.24, 2.45) is 0 Å². The number of unbranched alkanes of at least 4 members (excludes halogenated alkanes) is 1. The van der Waals surface area contributed by atoms with E-state index in [0.717, 1.165) is 50.1 Å². The maximum atomic E-state index is 11.8. The quantitative estimate of drug-likeness (QED) is 0.636. The number of rotatable bonds is 6. The number of halogens is 1. The standard InChI is InChI=1S/C14H21BrN4O/c15-7-2-1-4-13(20)18-12-5-10-19(11-6-12)14-16-8-3-9-17-14/h3,8-9,12H,1-2,4-7,10-11H2,(H,18,20). The SMILES string of the molecule is O=C(CCCCBr)NC1CCN(c2ncccn2)CC1. The van der Waals surface area contributed by atoms with Gasteiger partial charge in [0.25, 0.3) is 0 Å². The van der Waals surface area contributed by atoms with Crippen LogP contribution < -0.4 is 10.2 Å². The van der Waals surface area contributed by atoms with Crippen LogP contribution in [0.1, 0.15) is 32.1 Å². The zero-order chi connectivity index (χ0) is 14.2. The lowest BCUT2D eigenvalue weighted by Crippen LogP contribution is -2.45. The van der Waals surface area contributed by atoms with E-state index in [-0.39, 0.29) is 5.91 Å². The van der Waals surface area contributed by atoms with Crippen molar-refractivity contribution < 1.29 is 4.79 Å².